The number of carbonyl (C=O) groups excluding carboxylic acids is 1. The molecule has 0 aliphatic carbocycles. The molecule has 1 N–H and O–H groups in total. The number of ether oxygens (including phenoxy) is 1. The Hall–Kier alpha value is -1.72. The van der Waals surface area contributed by atoms with Crippen LogP contribution in [0.1, 0.15) is 0 Å². The van der Waals surface area contributed by atoms with Crippen molar-refractivity contribution in [3.05, 3.63) is 58.0 Å². The summed E-state index contributed by atoms with van der Waals surface area (Å²) < 4.78 is 7.63. The first-order chi connectivity index (χ1) is 13.1. The average Bonchev–Trinajstić information content (AvgIpc) is 3.31. The van der Waals surface area contributed by atoms with Gasteiger partial charge in [0.25, 0.3) is 0 Å². The lowest BCUT2D eigenvalue weighted by Crippen LogP contribution is -2.10. The number of aromatic nitrogens is 3. The van der Waals surface area contributed by atoms with E-state index in [0.717, 1.165) is 14.8 Å². The average molecular weight is 452 g/mol. The van der Waals surface area contributed by atoms with E-state index in [1.54, 1.807) is 23.5 Å². The topological polar surface area (TPSA) is 67.9 Å². The number of thiol groups is 1. The lowest BCUT2D eigenvalue weighted by Gasteiger charge is -2.01. The predicted molar refractivity (Wildman–Crippen MR) is 117 cm³/mol. The number of nitrogens with one attached hydrogen (secondary N) is 1. The third kappa shape index (κ3) is 6.15. The molecule has 2 aromatic carbocycles. The number of rotatable bonds is 4. The van der Waals surface area contributed by atoms with E-state index in [9.17, 15) is 4.79 Å². The zero-order valence-corrected chi connectivity index (χ0v) is 17.9. The van der Waals surface area contributed by atoms with Crippen molar-refractivity contribution in [3.63, 3.8) is 0 Å². The number of fused-ring (bicyclic) bond motifs is 1. The number of hydrogen-bond acceptors (Lipinski definition) is 9. The van der Waals surface area contributed by atoms with Gasteiger partial charge >= 0.3 is 5.97 Å². The Morgan fingerprint density at radius 1 is 1.22 bits per heavy atom. The normalized spacial score (nSPS) is 10.3. The van der Waals surface area contributed by atoms with Gasteiger partial charge in [-0.2, -0.15) is 5.10 Å². The molecule has 0 fully saturated rings. The Morgan fingerprint density at radius 2 is 2.04 bits per heavy atom. The molecule has 0 amide bonds. The summed E-state index contributed by atoms with van der Waals surface area (Å²) in [5.41, 5.74) is 2.88. The molecule has 10 heteroatoms. The molecule has 138 valence electrons. The van der Waals surface area contributed by atoms with Gasteiger partial charge in [-0.05, 0) is 36.5 Å². The van der Waals surface area contributed by atoms with E-state index in [0.29, 0.717) is 9.70 Å². The molecule has 27 heavy (non-hydrogen) atoms. The minimum Gasteiger partial charge on any atom is -0.426 e. The van der Waals surface area contributed by atoms with Gasteiger partial charge in [0.15, 0.2) is 8.29 Å². The molecule has 5 nitrogen and oxygen atoms in total. The highest BCUT2D eigenvalue weighted by molar-refractivity contribution is 8.01. The molecule has 0 atom stereocenters. The van der Waals surface area contributed by atoms with Crippen LogP contribution in [0, 0.1) is 3.95 Å². The molecule has 0 radical (unpaired) electrons. The van der Waals surface area contributed by atoms with Crippen molar-refractivity contribution in [2.75, 3.05) is 5.75 Å². The van der Waals surface area contributed by atoms with Crippen LogP contribution in [0.4, 0.5) is 0 Å². The molecule has 0 bridgehead atoms. The summed E-state index contributed by atoms with van der Waals surface area (Å²) in [5.74, 6) is 0.459. The maximum Gasteiger partial charge on any atom is 0.321 e. The van der Waals surface area contributed by atoms with Gasteiger partial charge in [0.2, 0.25) is 0 Å². The zero-order chi connectivity index (χ0) is 19.1. The molecule has 0 spiro atoms. The lowest BCUT2D eigenvalue weighted by atomic mass is 10.3. The van der Waals surface area contributed by atoms with Crippen LogP contribution in [0.15, 0.2) is 63.3 Å². The van der Waals surface area contributed by atoms with Crippen LogP contribution in [-0.2, 0) is 4.79 Å². The van der Waals surface area contributed by atoms with Crippen molar-refractivity contribution in [2.45, 2.75) is 9.24 Å². The molecule has 0 aliphatic rings. The summed E-state index contributed by atoms with van der Waals surface area (Å²) in [4.78, 5) is 16.7. The highest BCUT2D eigenvalue weighted by Gasteiger charge is 2.07. The molecule has 0 aliphatic heterocycles. The monoisotopic (exact) mass is 451 g/mol. The molecule has 4 aromatic rings. The van der Waals surface area contributed by atoms with E-state index in [4.69, 9.17) is 17.0 Å². The number of hydrogen-bond donors (Lipinski definition) is 2. The second-order valence-electron chi connectivity index (χ2n) is 4.93. The van der Waals surface area contributed by atoms with Crippen LogP contribution in [0.5, 0.6) is 5.75 Å². The lowest BCUT2D eigenvalue weighted by molar-refractivity contribution is -0.131. The maximum atomic E-state index is 11.5. The molecular weight excluding hydrogens is 439 g/mol. The number of esters is 1. The zero-order valence-electron chi connectivity index (χ0n) is 13.7. The van der Waals surface area contributed by atoms with Crippen LogP contribution in [-0.4, -0.2) is 26.9 Å². The molecule has 2 aromatic heterocycles. The summed E-state index contributed by atoms with van der Waals surface area (Å²) in [6.45, 7) is 0. The summed E-state index contributed by atoms with van der Waals surface area (Å²) in [7, 11) is 0. The number of nitrogens with zero attached hydrogens (tertiary/aromatic N) is 2. The number of H-pyrrole nitrogens is 1. The van der Waals surface area contributed by atoms with Crippen molar-refractivity contribution in [1.29, 1.82) is 0 Å². The van der Waals surface area contributed by atoms with Gasteiger partial charge in [-0.15, -0.1) is 24.0 Å². The SMILES string of the molecule is O=C(CSc1n[nH]c(=S)s1)Oc1ccccc1.Sc1cccc2ncsc12. The number of aromatic amines is 1. The van der Waals surface area contributed by atoms with Gasteiger partial charge in [0.1, 0.15) is 5.75 Å². The highest BCUT2D eigenvalue weighted by atomic mass is 32.2. The molecule has 4 rings (SSSR count). The third-order valence-corrected chi connectivity index (χ3v) is 6.65. The first-order valence-corrected chi connectivity index (χ1v) is 11.1. The van der Waals surface area contributed by atoms with E-state index in [1.165, 1.54) is 27.8 Å². The fourth-order valence-corrected chi connectivity index (χ4v) is 4.83. The van der Waals surface area contributed by atoms with Crippen LogP contribution in [0.2, 0.25) is 0 Å². The second kappa shape index (κ2) is 10.00. The first-order valence-electron chi connectivity index (χ1n) is 7.57. The fraction of sp³-hybridized carbons (Fsp3) is 0.0588. The van der Waals surface area contributed by atoms with E-state index in [1.807, 2.05) is 41.9 Å². The van der Waals surface area contributed by atoms with Gasteiger partial charge in [-0.1, -0.05) is 47.4 Å². The van der Waals surface area contributed by atoms with Gasteiger partial charge in [-0.25, -0.2) is 4.98 Å². The van der Waals surface area contributed by atoms with Crippen molar-refractivity contribution >= 4 is 75.5 Å². The van der Waals surface area contributed by atoms with E-state index in [2.05, 4.69) is 27.8 Å². The summed E-state index contributed by atoms with van der Waals surface area (Å²) in [5, 5.41) is 6.59. The van der Waals surface area contributed by atoms with Gasteiger partial charge < -0.3 is 4.74 Å². The third-order valence-electron chi connectivity index (χ3n) is 3.04. The molecule has 2 heterocycles. The number of carbonyl (C=O) groups is 1. The van der Waals surface area contributed by atoms with Crippen LogP contribution in [0.3, 0.4) is 0 Å². The minimum atomic E-state index is -0.303. The molecule has 0 saturated carbocycles. The molecular formula is C17H13N3O2S5. The fourth-order valence-electron chi connectivity index (χ4n) is 1.92. The predicted octanol–water partition coefficient (Wildman–Crippen LogP) is 5.48. The quantitative estimate of drug-likeness (QED) is 0.141. The van der Waals surface area contributed by atoms with Crippen molar-refractivity contribution in [1.82, 2.24) is 15.2 Å². The Bertz CT molecular complexity index is 1070. The standard InChI is InChI=1S/C10H8N2O2S3.C7H5NS2/c13-8(14-7-4-2-1-3-5-7)6-16-10-12-11-9(15)17-10;9-6-3-1-2-5-7(6)10-4-8-5/h1-5H,6H2,(H,11,15);1-4,9H. The van der Waals surface area contributed by atoms with Crippen molar-refractivity contribution in [3.8, 4) is 5.75 Å². The Balaban J connectivity index is 0.000000177. The largest absolute Gasteiger partial charge is 0.426 e. The molecule has 0 saturated heterocycles. The number of para-hydroxylation sites is 1. The van der Waals surface area contributed by atoms with Crippen LogP contribution < -0.4 is 4.74 Å². The van der Waals surface area contributed by atoms with Crippen LogP contribution in [0.25, 0.3) is 10.2 Å². The number of thiazole rings is 1. The summed E-state index contributed by atoms with van der Waals surface area (Å²) in [6, 6.07) is 14.9. The van der Waals surface area contributed by atoms with Crippen molar-refractivity contribution in [2.24, 2.45) is 0 Å². The van der Waals surface area contributed by atoms with E-state index >= 15 is 0 Å². The smallest absolute Gasteiger partial charge is 0.321 e. The van der Waals surface area contributed by atoms with Gasteiger partial charge in [0.05, 0.1) is 21.5 Å². The Kier molecular flexibility index (Phi) is 7.41. The number of thioether (sulfide) groups is 1. The van der Waals surface area contributed by atoms with Crippen LogP contribution >= 0.6 is 59.3 Å². The minimum absolute atomic E-state index is 0.213. The summed E-state index contributed by atoms with van der Waals surface area (Å²) >= 11 is 13.4. The van der Waals surface area contributed by atoms with E-state index in [-0.39, 0.29) is 11.7 Å². The number of benzene rings is 2. The van der Waals surface area contributed by atoms with E-state index < -0.39 is 0 Å². The van der Waals surface area contributed by atoms with Gasteiger partial charge in [-0.3, -0.25) is 9.89 Å². The highest BCUT2D eigenvalue weighted by Crippen LogP contribution is 2.24. The first kappa shape index (κ1) is 20.0. The Morgan fingerprint density at radius 3 is 2.74 bits per heavy atom. The maximum absolute atomic E-state index is 11.5. The van der Waals surface area contributed by atoms with Crippen molar-refractivity contribution < 1.29 is 9.53 Å². The van der Waals surface area contributed by atoms with Gasteiger partial charge in [0, 0.05) is 4.90 Å². The molecule has 0 unspecified atom stereocenters. The summed E-state index contributed by atoms with van der Waals surface area (Å²) in [6.07, 6.45) is 0. The Labute approximate surface area is 178 Å². The second-order valence-corrected chi connectivity index (χ2v) is 9.16.